The van der Waals surface area contributed by atoms with E-state index < -0.39 is 29.1 Å². The molecule has 0 heterocycles. The van der Waals surface area contributed by atoms with E-state index in [1.807, 2.05) is 31.2 Å². The molecule has 0 bridgehead atoms. The third-order valence-corrected chi connectivity index (χ3v) is 5.28. The third kappa shape index (κ3) is 4.65. The van der Waals surface area contributed by atoms with Crippen molar-refractivity contribution in [3.05, 3.63) is 118 Å². The van der Waals surface area contributed by atoms with Crippen molar-refractivity contribution in [2.45, 2.75) is 13.8 Å². The Labute approximate surface area is 188 Å². The van der Waals surface area contributed by atoms with Crippen LogP contribution in [-0.4, -0.2) is 0 Å². The fraction of sp³-hybridized carbons (Fsp3) is 0.0714. The molecule has 0 radical (unpaired) electrons. The molecule has 0 aliphatic heterocycles. The molecule has 0 spiro atoms. The summed E-state index contributed by atoms with van der Waals surface area (Å²) in [6, 6.07) is 15.7. The summed E-state index contributed by atoms with van der Waals surface area (Å²) in [5.41, 5.74) is 3.25. The lowest BCUT2D eigenvalue weighted by Crippen LogP contribution is -1.95. The second kappa shape index (κ2) is 8.91. The summed E-state index contributed by atoms with van der Waals surface area (Å²) in [5.74, 6) is 0.0895. The molecule has 5 heteroatoms. The molecule has 0 nitrogen and oxygen atoms in total. The maximum atomic E-state index is 14.9. The molecule has 0 aliphatic rings. The van der Waals surface area contributed by atoms with E-state index >= 15 is 0 Å². The van der Waals surface area contributed by atoms with Crippen LogP contribution in [0.15, 0.2) is 66.7 Å². The van der Waals surface area contributed by atoms with Gasteiger partial charge in [0, 0.05) is 22.3 Å². The molecule has 4 aromatic carbocycles. The van der Waals surface area contributed by atoms with Crippen molar-refractivity contribution < 1.29 is 22.0 Å². The van der Waals surface area contributed by atoms with Crippen molar-refractivity contribution in [2.75, 3.05) is 0 Å². The monoisotopic (exact) mass is 448 g/mol. The first-order chi connectivity index (χ1) is 15.7. The van der Waals surface area contributed by atoms with Crippen LogP contribution in [0.2, 0.25) is 0 Å². The summed E-state index contributed by atoms with van der Waals surface area (Å²) in [6.07, 6.45) is 0. The lowest BCUT2D eigenvalue weighted by atomic mass is 9.96. The zero-order valence-electron chi connectivity index (χ0n) is 17.7. The van der Waals surface area contributed by atoms with Crippen LogP contribution >= 0.6 is 0 Å². The number of benzene rings is 4. The van der Waals surface area contributed by atoms with E-state index in [0.29, 0.717) is 23.3 Å². The Morgan fingerprint density at radius 3 is 1.79 bits per heavy atom. The van der Waals surface area contributed by atoms with Gasteiger partial charge in [-0.1, -0.05) is 41.7 Å². The molecule has 0 saturated carbocycles. The standard InChI is InChI=1S/C28H17F5/c1-16-3-5-18(6-4-16)7-8-19-12-25(30)23(11-17(19)2)20-9-10-22(24(29)13-20)21-14-26(31)28(33)27(32)15-21/h3-6,9-15H,1-2H3. The van der Waals surface area contributed by atoms with E-state index in [0.717, 1.165) is 17.2 Å². The van der Waals surface area contributed by atoms with E-state index in [1.54, 1.807) is 13.0 Å². The summed E-state index contributed by atoms with van der Waals surface area (Å²) in [5, 5.41) is 0. The van der Waals surface area contributed by atoms with E-state index in [9.17, 15) is 22.0 Å². The lowest BCUT2D eigenvalue weighted by Gasteiger charge is -2.10. The molecule has 4 rings (SSSR count). The number of rotatable bonds is 2. The molecular formula is C28H17F5. The van der Waals surface area contributed by atoms with E-state index in [1.165, 1.54) is 18.2 Å². The molecule has 0 aliphatic carbocycles. The van der Waals surface area contributed by atoms with Gasteiger partial charge in [-0.15, -0.1) is 0 Å². The third-order valence-electron chi connectivity index (χ3n) is 5.28. The second-order valence-electron chi connectivity index (χ2n) is 7.71. The highest BCUT2D eigenvalue weighted by Crippen LogP contribution is 2.32. The highest BCUT2D eigenvalue weighted by Gasteiger charge is 2.16. The van der Waals surface area contributed by atoms with Gasteiger partial charge in [-0.05, 0) is 73.0 Å². The van der Waals surface area contributed by atoms with Gasteiger partial charge in [0.05, 0.1) is 0 Å². The molecule has 0 fully saturated rings. The molecular weight excluding hydrogens is 431 g/mol. The average Bonchev–Trinajstić information content (AvgIpc) is 2.78. The molecule has 0 saturated heterocycles. The van der Waals surface area contributed by atoms with Gasteiger partial charge in [0.2, 0.25) is 0 Å². The van der Waals surface area contributed by atoms with Gasteiger partial charge >= 0.3 is 0 Å². The molecule has 4 aromatic rings. The molecule has 164 valence electrons. The van der Waals surface area contributed by atoms with E-state index in [4.69, 9.17) is 0 Å². The number of halogens is 5. The summed E-state index contributed by atoms with van der Waals surface area (Å²) in [4.78, 5) is 0. The zero-order valence-corrected chi connectivity index (χ0v) is 17.7. The van der Waals surface area contributed by atoms with E-state index in [2.05, 4.69) is 11.8 Å². The summed E-state index contributed by atoms with van der Waals surface area (Å²) in [7, 11) is 0. The zero-order chi connectivity index (χ0) is 23.7. The van der Waals surface area contributed by atoms with Gasteiger partial charge in [-0.2, -0.15) is 0 Å². The predicted molar refractivity (Wildman–Crippen MR) is 119 cm³/mol. The predicted octanol–water partition coefficient (Wildman–Crippen LogP) is 7.73. The molecule has 0 amide bonds. The van der Waals surface area contributed by atoms with Crippen molar-refractivity contribution in [1.29, 1.82) is 0 Å². The first kappa shape index (κ1) is 22.3. The molecule has 0 aromatic heterocycles. The lowest BCUT2D eigenvalue weighted by molar-refractivity contribution is 0.447. The first-order valence-electron chi connectivity index (χ1n) is 10.1. The summed E-state index contributed by atoms with van der Waals surface area (Å²) < 4.78 is 69.9. The van der Waals surface area contributed by atoms with E-state index in [-0.39, 0.29) is 22.3 Å². The smallest absolute Gasteiger partial charge is 0.194 e. The van der Waals surface area contributed by atoms with Crippen LogP contribution in [0.3, 0.4) is 0 Å². The van der Waals surface area contributed by atoms with Crippen molar-refractivity contribution in [2.24, 2.45) is 0 Å². The topological polar surface area (TPSA) is 0 Å². The highest BCUT2D eigenvalue weighted by atomic mass is 19.2. The van der Waals surface area contributed by atoms with Gasteiger partial charge < -0.3 is 0 Å². The first-order valence-corrected chi connectivity index (χ1v) is 10.1. The Hall–Kier alpha value is -3.91. The number of aryl methyl sites for hydroxylation is 2. The number of hydrogen-bond donors (Lipinski definition) is 0. The molecule has 33 heavy (non-hydrogen) atoms. The van der Waals surface area contributed by atoms with Crippen LogP contribution in [0.4, 0.5) is 22.0 Å². The van der Waals surface area contributed by atoms with Gasteiger partial charge in [0.15, 0.2) is 17.5 Å². The maximum Gasteiger partial charge on any atom is 0.194 e. The Kier molecular flexibility index (Phi) is 6.02. The Bertz CT molecular complexity index is 1400. The fourth-order valence-electron chi connectivity index (χ4n) is 3.44. The Morgan fingerprint density at radius 2 is 1.15 bits per heavy atom. The maximum absolute atomic E-state index is 14.9. The van der Waals surface area contributed by atoms with Crippen molar-refractivity contribution >= 4 is 0 Å². The second-order valence-corrected chi connectivity index (χ2v) is 7.71. The normalized spacial score (nSPS) is 10.6. The number of hydrogen-bond acceptors (Lipinski definition) is 0. The molecule has 0 N–H and O–H groups in total. The van der Waals surface area contributed by atoms with Crippen molar-refractivity contribution in [3.8, 4) is 34.1 Å². The van der Waals surface area contributed by atoms with Gasteiger partial charge in [0.1, 0.15) is 11.6 Å². The van der Waals surface area contributed by atoms with Crippen LogP contribution < -0.4 is 0 Å². The molecule has 0 unspecified atom stereocenters. The Morgan fingerprint density at radius 1 is 0.545 bits per heavy atom. The van der Waals surface area contributed by atoms with Crippen molar-refractivity contribution in [1.82, 2.24) is 0 Å². The highest BCUT2D eigenvalue weighted by molar-refractivity contribution is 5.72. The van der Waals surface area contributed by atoms with Crippen LogP contribution in [0.25, 0.3) is 22.3 Å². The quantitative estimate of drug-likeness (QED) is 0.167. The van der Waals surface area contributed by atoms with Gasteiger partial charge in [-0.25, -0.2) is 22.0 Å². The van der Waals surface area contributed by atoms with Gasteiger partial charge in [-0.3, -0.25) is 0 Å². The Balaban J connectivity index is 1.68. The molecule has 0 atom stereocenters. The van der Waals surface area contributed by atoms with Crippen LogP contribution in [0.5, 0.6) is 0 Å². The van der Waals surface area contributed by atoms with Crippen molar-refractivity contribution in [3.63, 3.8) is 0 Å². The van der Waals surface area contributed by atoms with Crippen LogP contribution in [0.1, 0.15) is 22.3 Å². The van der Waals surface area contributed by atoms with Crippen LogP contribution in [0, 0.1) is 54.8 Å². The van der Waals surface area contributed by atoms with Gasteiger partial charge in [0.25, 0.3) is 0 Å². The largest absolute Gasteiger partial charge is 0.206 e. The fourth-order valence-corrected chi connectivity index (χ4v) is 3.44. The SMILES string of the molecule is Cc1ccc(C#Cc2cc(F)c(-c3ccc(-c4cc(F)c(F)c(F)c4)c(F)c3)cc2C)cc1. The minimum atomic E-state index is -1.63. The summed E-state index contributed by atoms with van der Waals surface area (Å²) >= 11 is 0. The summed E-state index contributed by atoms with van der Waals surface area (Å²) in [6.45, 7) is 3.75. The minimum Gasteiger partial charge on any atom is -0.206 e. The van der Waals surface area contributed by atoms with Crippen LogP contribution in [-0.2, 0) is 0 Å². The minimum absolute atomic E-state index is 0.130. The average molecular weight is 448 g/mol.